The molecule has 1 atom stereocenters. The molecule has 2 heterocycles. The molecule has 1 unspecified atom stereocenters. The monoisotopic (exact) mass is 313 g/mol. The predicted molar refractivity (Wildman–Crippen MR) is 88.6 cm³/mol. The van der Waals surface area contributed by atoms with Crippen molar-refractivity contribution >= 4 is 5.91 Å². The fourth-order valence-corrected chi connectivity index (χ4v) is 2.97. The molecule has 0 aliphatic carbocycles. The van der Waals surface area contributed by atoms with E-state index in [1.54, 1.807) is 4.68 Å². The molecule has 1 aliphatic heterocycles. The van der Waals surface area contributed by atoms with Crippen LogP contribution in [0.5, 0.6) is 5.75 Å². The van der Waals surface area contributed by atoms with Gasteiger partial charge in [-0.1, -0.05) is 18.2 Å². The number of carbonyl (C=O) groups excluding carboxylic acids is 1. The van der Waals surface area contributed by atoms with E-state index < -0.39 is 0 Å². The second-order valence-corrected chi connectivity index (χ2v) is 6.30. The number of rotatable bonds is 4. The fourth-order valence-electron chi connectivity index (χ4n) is 2.97. The minimum Gasteiger partial charge on any atom is -0.486 e. The maximum absolute atomic E-state index is 12.6. The van der Waals surface area contributed by atoms with Crippen LogP contribution >= 0.6 is 0 Å². The van der Waals surface area contributed by atoms with Gasteiger partial charge in [-0.25, -0.2) is 0 Å². The van der Waals surface area contributed by atoms with Gasteiger partial charge >= 0.3 is 0 Å². The molecule has 0 saturated carbocycles. The summed E-state index contributed by atoms with van der Waals surface area (Å²) in [5.41, 5.74) is 3.07. The maximum Gasteiger partial charge on any atom is 0.247 e. The average Bonchev–Trinajstić information content (AvgIpc) is 2.81. The number of hydrogen-bond acceptors (Lipinski definition) is 3. The second kappa shape index (κ2) is 6.07. The molecular formula is C18H23N3O2. The summed E-state index contributed by atoms with van der Waals surface area (Å²) in [5, 5.41) is 4.41. The number of aryl methyl sites for hydroxylation is 3. The van der Waals surface area contributed by atoms with Gasteiger partial charge in [0.15, 0.2) is 0 Å². The molecule has 1 aromatic carbocycles. The normalized spacial score (nSPS) is 16.1. The van der Waals surface area contributed by atoms with Gasteiger partial charge in [0.25, 0.3) is 0 Å². The Morgan fingerprint density at radius 1 is 1.26 bits per heavy atom. The lowest BCUT2D eigenvalue weighted by atomic mass is 10.1. The second-order valence-electron chi connectivity index (χ2n) is 6.30. The molecule has 0 N–H and O–H groups in total. The molecule has 1 aliphatic rings. The van der Waals surface area contributed by atoms with E-state index >= 15 is 0 Å². The van der Waals surface area contributed by atoms with E-state index in [4.69, 9.17) is 4.74 Å². The highest BCUT2D eigenvalue weighted by molar-refractivity contribution is 5.81. The van der Waals surface area contributed by atoms with E-state index in [0.29, 0.717) is 13.1 Å². The van der Waals surface area contributed by atoms with Crippen LogP contribution in [0.2, 0.25) is 0 Å². The topological polar surface area (TPSA) is 47.4 Å². The zero-order valence-corrected chi connectivity index (χ0v) is 14.1. The van der Waals surface area contributed by atoms with Gasteiger partial charge in [-0.05, 0) is 45.4 Å². The number of benzene rings is 1. The summed E-state index contributed by atoms with van der Waals surface area (Å²) in [4.78, 5) is 14.4. The van der Waals surface area contributed by atoms with E-state index in [9.17, 15) is 4.79 Å². The van der Waals surface area contributed by atoms with Crippen LogP contribution in [0, 0.1) is 20.8 Å². The molecule has 1 aromatic heterocycles. The Hall–Kier alpha value is -2.30. The molecule has 1 fully saturated rings. The Bertz CT molecular complexity index is 717. The number of nitrogens with zero attached hydrogens (tertiary/aromatic N) is 3. The first-order chi connectivity index (χ1) is 11.0. The number of likely N-dealkylation sites (tertiary alicyclic amines) is 1. The van der Waals surface area contributed by atoms with Crippen molar-refractivity contribution in [2.75, 3.05) is 13.1 Å². The largest absolute Gasteiger partial charge is 0.486 e. The van der Waals surface area contributed by atoms with Gasteiger partial charge in [-0.3, -0.25) is 9.48 Å². The number of para-hydroxylation sites is 1. The van der Waals surface area contributed by atoms with E-state index in [1.807, 2.05) is 62.9 Å². The van der Waals surface area contributed by atoms with Crippen LogP contribution in [0.4, 0.5) is 0 Å². The van der Waals surface area contributed by atoms with Crippen LogP contribution in [0.25, 0.3) is 0 Å². The Morgan fingerprint density at radius 2 is 1.96 bits per heavy atom. The van der Waals surface area contributed by atoms with Crippen molar-refractivity contribution in [2.45, 2.75) is 39.8 Å². The SMILES string of the molecule is Cc1cc(C)n(C(C)C(=O)N2CC(Oc3ccccc3C)C2)n1. The third-order valence-corrected chi connectivity index (χ3v) is 4.32. The van der Waals surface area contributed by atoms with Gasteiger partial charge in [0.2, 0.25) is 5.91 Å². The first kappa shape index (κ1) is 15.6. The third kappa shape index (κ3) is 3.09. The fraction of sp³-hybridized carbons (Fsp3) is 0.444. The van der Waals surface area contributed by atoms with Crippen molar-refractivity contribution in [3.63, 3.8) is 0 Å². The van der Waals surface area contributed by atoms with Gasteiger partial charge in [-0.15, -0.1) is 0 Å². The minimum atomic E-state index is -0.275. The van der Waals surface area contributed by atoms with Gasteiger partial charge in [0, 0.05) is 5.69 Å². The number of ether oxygens (including phenoxy) is 1. The molecule has 0 bridgehead atoms. The summed E-state index contributed by atoms with van der Waals surface area (Å²) >= 11 is 0. The van der Waals surface area contributed by atoms with Crippen molar-refractivity contribution in [3.8, 4) is 5.75 Å². The molecular weight excluding hydrogens is 290 g/mol. The first-order valence-electron chi connectivity index (χ1n) is 7.99. The summed E-state index contributed by atoms with van der Waals surface area (Å²) in [7, 11) is 0. The van der Waals surface area contributed by atoms with Crippen LogP contribution in [-0.4, -0.2) is 39.8 Å². The molecule has 1 amide bonds. The van der Waals surface area contributed by atoms with E-state index in [2.05, 4.69) is 5.10 Å². The molecule has 0 radical (unpaired) electrons. The van der Waals surface area contributed by atoms with Crippen LogP contribution in [0.1, 0.15) is 29.9 Å². The molecule has 2 aromatic rings. The van der Waals surface area contributed by atoms with Crippen molar-refractivity contribution in [2.24, 2.45) is 0 Å². The highest BCUT2D eigenvalue weighted by atomic mass is 16.5. The van der Waals surface area contributed by atoms with Crippen LogP contribution in [0.3, 0.4) is 0 Å². The van der Waals surface area contributed by atoms with Gasteiger partial charge in [0.1, 0.15) is 17.9 Å². The quantitative estimate of drug-likeness (QED) is 0.872. The van der Waals surface area contributed by atoms with Crippen molar-refractivity contribution in [3.05, 3.63) is 47.3 Å². The maximum atomic E-state index is 12.6. The summed E-state index contributed by atoms with van der Waals surface area (Å²) < 4.78 is 7.76. The molecule has 3 rings (SSSR count). The minimum absolute atomic E-state index is 0.0766. The summed E-state index contributed by atoms with van der Waals surface area (Å²) in [6.45, 7) is 9.12. The Balaban J connectivity index is 1.57. The molecule has 0 spiro atoms. The Kier molecular flexibility index (Phi) is 4.11. The Morgan fingerprint density at radius 3 is 2.57 bits per heavy atom. The summed E-state index contributed by atoms with van der Waals surface area (Å²) in [5.74, 6) is 0.997. The van der Waals surface area contributed by atoms with E-state index in [1.165, 1.54) is 0 Å². The van der Waals surface area contributed by atoms with Crippen molar-refractivity contribution < 1.29 is 9.53 Å². The van der Waals surface area contributed by atoms with Crippen LogP contribution < -0.4 is 4.74 Å². The lowest BCUT2D eigenvalue weighted by Gasteiger charge is -2.40. The first-order valence-corrected chi connectivity index (χ1v) is 7.99. The highest BCUT2D eigenvalue weighted by Gasteiger charge is 2.35. The summed E-state index contributed by atoms with van der Waals surface area (Å²) in [6, 6.07) is 9.68. The smallest absolute Gasteiger partial charge is 0.247 e. The van der Waals surface area contributed by atoms with Crippen molar-refractivity contribution in [1.29, 1.82) is 0 Å². The van der Waals surface area contributed by atoms with Gasteiger partial charge < -0.3 is 9.64 Å². The lowest BCUT2D eigenvalue weighted by Crippen LogP contribution is -2.57. The summed E-state index contributed by atoms with van der Waals surface area (Å²) in [6.07, 6.45) is 0.0766. The number of aromatic nitrogens is 2. The zero-order valence-electron chi connectivity index (χ0n) is 14.1. The van der Waals surface area contributed by atoms with Crippen LogP contribution in [0.15, 0.2) is 30.3 Å². The molecule has 1 saturated heterocycles. The Labute approximate surface area is 136 Å². The van der Waals surface area contributed by atoms with Crippen molar-refractivity contribution in [1.82, 2.24) is 14.7 Å². The third-order valence-electron chi connectivity index (χ3n) is 4.32. The molecule has 5 heteroatoms. The van der Waals surface area contributed by atoms with E-state index in [0.717, 1.165) is 22.7 Å². The predicted octanol–water partition coefficient (Wildman–Crippen LogP) is 2.66. The number of hydrogen-bond donors (Lipinski definition) is 0. The molecule has 23 heavy (non-hydrogen) atoms. The zero-order chi connectivity index (χ0) is 16.6. The van der Waals surface area contributed by atoms with Gasteiger partial charge in [0.05, 0.1) is 18.8 Å². The standard InChI is InChI=1S/C18H23N3O2/c1-12-7-5-6-8-17(12)23-16-10-20(11-16)18(22)15(4)21-14(3)9-13(2)19-21/h5-9,15-16H,10-11H2,1-4H3. The number of carbonyl (C=O) groups is 1. The molecule has 5 nitrogen and oxygen atoms in total. The highest BCUT2D eigenvalue weighted by Crippen LogP contribution is 2.23. The van der Waals surface area contributed by atoms with E-state index in [-0.39, 0.29) is 18.1 Å². The lowest BCUT2D eigenvalue weighted by molar-refractivity contribution is -0.143. The number of amides is 1. The van der Waals surface area contributed by atoms with Gasteiger partial charge in [-0.2, -0.15) is 5.10 Å². The molecule has 122 valence electrons. The average molecular weight is 313 g/mol. The van der Waals surface area contributed by atoms with Crippen LogP contribution in [-0.2, 0) is 4.79 Å².